The Morgan fingerprint density at radius 3 is 2.37 bits per heavy atom. The summed E-state index contributed by atoms with van der Waals surface area (Å²) in [5.41, 5.74) is 1.71. The molecule has 1 saturated heterocycles. The van der Waals surface area contributed by atoms with Crippen molar-refractivity contribution in [3.8, 4) is 5.75 Å². The van der Waals surface area contributed by atoms with Crippen LogP contribution in [0.1, 0.15) is 51.0 Å². The Bertz CT molecular complexity index is 665. The van der Waals surface area contributed by atoms with Gasteiger partial charge in [0.2, 0.25) is 0 Å². The van der Waals surface area contributed by atoms with Crippen LogP contribution < -0.4 is 15.4 Å². The highest BCUT2D eigenvalue weighted by atomic mass is 16.5. The average Bonchev–Trinajstić information content (AvgIpc) is 2.77. The van der Waals surface area contributed by atoms with E-state index in [1.165, 1.54) is 24.8 Å². The molecule has 1 aliphatic heterocycles. The molecule has 1 heterocycles. The molecule has 168 valence electrons. The Morgan fingerprint density at radius 2 is 1.80 bits per heavy atom. The molecule has 0 bridgehead atoms. The third-order valence-electron chi connectivity index (χ3n) is 6.91. The largest absolute Gasteiger partial charge is 0.497 e. The van der Waals surface area contributed by atoms with Crippen LogP contribution in [0, 0.1) is 5.41 Å². The highest BCUT2D eigenvalue weighted by Crippen LogP contribution is 2.44. The summed E-state index contributed by atoms with van der Waals surface area (Å²) in [5, 5.41) is 7.10. The van der Waals surface area contributed by atoms with Crippen LogP contribution in [0.2, 0.25) is 0 Å². The van der Waals surface area contributed by atoms with E-state index in [0.29, 0.717) is 5.41 Å². The van der Waals surface area contributed by atoms with Gasteiger partial charge in [0.15, 0.2) is 5.96 Å². The van der Waals surface area contributed by atoms with E-state index in [0.717, 1.165) is 70.4 Å². The van der Waals surface area contributed by atoms with E-state index in [-0.39, 0.29) is 5.41 Å². The van der Waals surface area contributed by atoms with Crippen molar-refractivity contribution in [3.05, 3.63) is 29.8 Å². The number of nitrogens with zero attached hydrogens (tertiary/aromatic N) is 1. The quantitative estimate of drug-likeness (QED) is 0.451. The Balaban J connectivity index is 1.69. The topological polar surface area (TPSA) is 64.1 Å². The molecule has 2 aliphatic rings. The Kier molecular flexibility index (Phi) is 8.40. The van der Waals surface area contributed by atoms with Crippen LogP contribution in [0.25, 0.3) is 0 Å². The van der Waals surface area contributed by atoms with Crippen molar-refractivity contribution in [2.45, 2.75) is 50.9 Å². The minimum absolute atomic E-state index is 0.0465. The van der Waals surface area contributed by atoms with Crippen molar-refractivity contribution in [1.29, 1.82) is 0 Å². The standard InChI is InChI=1S/C24H39N3O3/c1-4-25-22(26-18-23(10-5-11-23)12-15-28-2)27-19-24(13-16-30-17-14-24)20-6-8-21(29-3)9-7-20/h6-9H,4-5,10-19H2,1-3H3,(H2,25,26,27). The van der Waals surface area contributed by atoms with Gasteiger partial charge in [-0.3, -0.25) is 4.99 Å². The summed E-state index contributed by atoms with van der Waals surface area (Å²) in [7, 11) is 3.50. The van der Waals surface area contributed by atoms with Gasteiger partial charge in [-0.2, -0.15) is 0 Å². The first kappa shape index (κ1) is 22.9. The fraction of sp³-hybridized carbons (Fsp3) is 0.708. The molecule has 0 unspecified atom stereocenters. The van der Waals surface area contributed by atoms with Gasteiger partial charge in [-0.1, -0.05) is 18.6 Å². The van der Waals surface area contributed by atoms with E-state index in [9.17, 15) is 0 Å². The number of hydrogen-bond acceptors (Lipinski definition) is 4. The summed E-state index contributed by atoms with van der Waals surface area (Å²) in [5.74, 6) is 1.81. The number of nitrogens with one attached hydrogen (secondary N) is 2. The normalized spacial score (nSPS) is 20.3. The van der Waals surface area contributed by atoms with Gasteiger partial charge < -0.3 is 24.8 Å². The lowest BCUT2D eigenvalue weighted by atomic mass is 9.67. The Hall–Kier alpha value is -1.79. The summed E-state index contributed by atoms with van der Waals surface area (Å²) in [6.45, 7) is 7.09. The second-order valence-corrected chi connectivity index (χ2v) is 8.77. The van der Waals surface area contributed by atoms with E-state index in [1.54, 1.807) is 14.2 Å². The number of guanidine groups is 1. The first-order chi connectivity index (χ1) is 14.7. The van der Waals surface area contributed by atoms with E-state index in [4.69, 9.17) is 19.2 Å². The van der Waals surface area contributed by atoms with Gasteiger partial charge in [0, 0.05) is 52.0 Å². The molecule has 0 radical (unpaired) electrons. The fourth-order valence-corrected chi connectivity index (χ4v) is 4.60. The van der Waals surface area contributed by atoms with Crippen LogP contribution >= 0.6 is 0 Å². The second-order valence-electron chi connectivity index (χ2n) is 8.77. The van der Waals surface area contributed by atoms with E-state index in [1.807, 2.05) is 0 Å². The summed E-state index contributed by atoms with van der Waals surface area (Å²) >= 11 is 0. The fourth-order valence-electron chi connectivity index (χ4n) is 4.60. The molecule has 30 heavy (non-hydrogen) atoms. The summed E-state index contributed by atoms with van der Waals surface area (Å²) in [6.07, 6.45) is 6.93. The number of benzene rings is 1. The lowest BCUT2D eigenvalue weighted by molar-refractivity contribution is 0.0513. The molecule has 0 spiro atoms. The second kappa shape index (κ2) is 11.0. The van der Waals surface area contributed by atoms with Gasteiger partial charge in [0.05, 0.1) is 7.11 Å². The molecular weight excluding hydrogens is 378 g/mol. The number of ether oxygens (including phenoxy) is 3. The molecule has 2 N–H and O–H groups in total. The smallest absolute Gasteiger partial charge is 0.191 e. The zero-order valence-electron chi connectivity index (χ0n) is 19.0. The van der Waals surface area contributed by atoms with Crippen LogP contribution in [0.15, 0.2) is 29.3 Å². The molecule has 1 aromatic rings. The molecule has 2 fully saturated rings. The van der Waals surface area contributed by atoms with Crippen molar-refractivity contribution >= 4 is 5.96 Å². The molecule has 1 aliphatic carbocycles. The molecule has 0 amide bonds. The van der Waals surface area contributed by atoms with Gasteiger partial charge in [-0.25, -0.2) is 0 Å². The molecule has 1 saturated carbocycles. The van der Waals surface area contributed by atoms with Crippen LogP contribution in [-0.2, 0) is 14.9 Å². The Labute approximate surface area is 181 Å². The predicted octanol–water partition coefficient (Wildman–Crippen LogP) is 3.51. The zero-order chi connectivity index (χ0) is 21.3. The summed E-state index contributed by atoms with van der Waals surface area (Å²) < 4.78 is 16.4. The van der Waals surface area contributed by atoms with E-state index < -0.39 is 0 Å². The highest BCUT2D eigenvalue weighted by molar-refractivity contribution is 5.80. The molecule has 0 atom stereocenters. The van der Waals surface area contributed by atoms with Crippen molar-refractivity contribution < 1.29 is 14.2 Å². The average molecular weight is 418 g/mol. The summed E-state index contributed by atoms with van der Waals surface area (Å²) in [6, 6.07) is 8.51. The minimum atomic E-state index is 0.0465. The molecule has 3 rings (SSSR count). The van der Waals surface area contributed by atoms with Crippen LogP contribution in [0.5, 0.6) is 5.75 Å². The van der Waals surface area contributed by atoms with Gasteiger partial charge >= 0.3 is 0 Å². The van der Waals surface area contributed by atoms with Gasteiger partial charge in [0.1, 0.15) is 5.75 Å². The maximum absolute atomic E-state index is 5.69. The van der Waals surface area contributed by atoms with Crippen molar-refractivity contribution in [2.75, 3.05) is 53.7 Å². The van der Waals surface area contributed by atoms with Crippen LogP contribution in [0.3, 0.4) is 0 Å². The minimum Gasteiger partial charge on any atom is -0.497 e. The lowest BCUT2D eigenvalue weighted by Crippen LogP contribution is -2.48. The van der Waals surface area contributed by atoms with Crippen LogP contribution in [-0.4, -0.2) is 59.6 Å². The van der Waals surface area contributed by atoms with Gasteiger partial charge in [0.25, 0.3) is 0 Å². The molecule has 0 aromatic heterocycles. The number of rotatable bonds is 10. The molecule has 6 nitrogen and oxygen atoms in total. The predicted molar refractivity (Wildman–Crippen MR) is 121 cm³/mol. The number of aliphatic imine (C=N–C) groups is 1. The van der Waals surface area contributed by atoms with Gasteiger partial charge in [-0.15, -0.1) is 0 Å². The lowest BCUT2D eigenvalue weighted by Gasteiger charge is -2.41. The van der Waals surface area contributed by atoms with Gasteiger partial charge in [-0.05, 0) is 62.1 Å². The summed E-state index contributed by atoms with van der Waals surface area (Å²) in [4.78, 5) is 4.98. The molecular formula is C24H39N3O3. The number of hydrogen-bond donors (Lipinski definition) is 2. The first-order valence-electron chi connectivity index (χ1n) is 11.4. The first-order valence-corrected chi connectivity index (χ1v) is 11.4. The zero-order valence-corrected chi connectivity index (χ0v) is 19.0. The molecule has 1 aromatic carbocycles. The monoisotopic (exact) mass is 417 g/mol. The van der Waals surface area contributed by atoms with E-state index in [2.05, 4.69) is 41.8 Å². The Morgan fingerprint density at radius 1 is 1.07 bits per heavy atom. The third-order valence-corrected chi connectivity index (χ3v) is 6.91. The molecule has 6 heteroatoms. The SMILES string of the molecule is CCNC(=NCC1(CCOC)CCC1)NCC1(c2ccc(OC)cc2)CCOCC1. The number of methoxy groups -OCH3 is 2. The van der Waals surface area contributed by atoms with Crippen LogP contribution in [0.4, 0.5) is 0 Å². The van der Waals surface area contributed by atoms with E-state index >= 15 is 0 Å². The maximum Gasteiger partial charge on any atom is 0.191 e. The highest BCUT2D eigenvalue weighted by Gasteiger charge is 2.37. The van der Waals surface area contributed by atoms with Crippen molar-refractivity contribution in [3.63, 3.8) is 0 Å². The maximum atomic E-state index is 5.69. The third kappa shape index (κ3) is 5.67. The van der Waals surface area contributed by atoms with Crippen molar-refractivity contribution in [2.24, 2.45) is 10.4 Å². The van der Waals surface area contributed by atoms with Crippen molar-refractivity contribution in [1.82, 2.24) is 10.6 Å².